The minimum atomic E-state index is -1.02. The molecule has 0 aliphatic rings. The normalized spacial score (nSPS) is 14.0. The Hall–Kier alpha value is -0.670. The summed E-state index contributed by atoms with van der Waals surface area (Å²) in [5.74, 6) is 0. The lowest BCUT2D eigenvalue weighted by Crippen LogP contribution is -2.25. The van der Waals surface area contributed by atoms with Crippen molar-refractivity contribution in [1.29, 1.82) is 0 Å². The largest absolute Gasteiger partial charge is 0.237 e. The minimum absolute atomic E-state index is 0.148. The van der Waals surface area contributed by atoms with E-state index in [-0.39, 0.29) is 5.41 Å². The van der Waals surface area contributed by atoms with Crippen molar-refractivity contribution in [3.05, 3.63) is 29.8 Å². The van der Waals surface area contributed by atoms with E-state index in [2.05, 4.69) is 32.9 Å². The fourth-order valence-electron chi connectivity index (χ4n) is 1.68. The summed E-state index contributed by atoms with van der Waals surface area (Å²) in [6.45, 7) is 12.2. The zero-order valence-electron chi connectivity index (χ0n) is 11.5. The highest BCUT2D eigenvalue weighted by atomic mass is 32.2. The molecule has 0 aliphatic heterocycles. The fraction of sp³-hybridized carbons (Fsp3) is 0.571. The molecule has 0 bridgehead atoms. The average molecular weight is 253 g/mol. The number of hydrogen-bond acceptors (Lipinski definition) is 1. The Kier molecular flexibility index (Phi) is 4.90. The van der Waals surface area contributed by atoms with Crippen molar-refractivity contribution >= 4 is 11.0 Å². The lowest BCUT2D eigenvalue weighted by molar-refractivity contribution is 0.489. The summed E-state index contributed by atoms with van der Waals surface area (Å²) in [7, 11) is -1.02. The predicted octanol–water partition coefficient (Wildman–Crippen LogP) is 3.35. The van der Waals surface area contributed by atoms with Crippen molar-refractivity contribution in [3.8, 4) is 0 Å². The van der Waals surface area contributed by atoms with Crippen LogP contribution in [-0.4, -0.2) is 21.6 Å². The molecule has 0 heterocycles. The zero-order valence-corrected chi connectivity index (χ0v) is 12.3. The molecule has 3 heteroatoms. The molecule has 0 radical (unpaired) electrons. The maximum atomic E-state index is 12.2. The van der Waals surface area contributed by atoms with Gasteiger partial charge in [-0.15, -0.1) is 0 Å². The summed E-state index contributed by atoms with van der Waals surface area (Å²) >= 11 is 0. The number of rotatable bonds is 4. The molecule has 96 valence electrons. The first-order valence-electron chi connectivity index (χ1n) is 6.17. The Balaban J connectivity index is 2.91. The van der Waals surface area contributed by atoms with Crippen LogP contribution < -0.4 is 0 Å². The van der Waals surface area contributed by atoms with Crippen LogP contribution in [0.15, 0.2) is 29.2 Å². The van der Waals surface area contributed by atoms with Crippen LogP contribution in [0.1, 0.15) is 40.2 Å². The van der Waals surface area contributed by atoms with Crippen molar-refractivity contribution in [2.24, 2.45) is 0 Å². The number of hydrogen-bond donors (Lipinski definition) is 0. The first kappa shape index (κ1) is 14.4. The number of benzene rings is 1. The van der Waals surface area contributed by atoms with Crippen LogP contribution in [0.3, 0.4) is 0 Å². The second kappa shape index (κ2) is 5.78. The van der Waals surface area contributed by atoms with Gasteiger partial charge in [0.15, 0.2) is 0 Å². The van der Waals surface area contributed by atoms with Crippen molar-refractivity contribution in [2.75, 3.05) is 13.1 Å². The van der Waals surface area contributed by atoms with E-state index in [0.29, 0.717) is 0 Å². The third-order valence-electron chi connectivity index (χ3n) is 2.86. The summed E-state index contributed by atoms with van der Waals surface area (Å²) in [4.78, 5) is 0.890. The summed E-state index contributed by atoms with van der Waals surface area (Å²) in [6.07, 6.45) is 0. The van der Waals surface area contributed by atoms with Gasteiger partial charge >= 0.3 is 0 Å². The van der Waals surface area contributed by atoms with Crippen LogP contribution >= 0.6 is 0 Å². The summed E-state index contributed by atoms with van der Waals surface area (Å²) in [5, 5.41) is 0. The molecule has 0 aliphatic carbocycles. The monoisotopic (exact) mass is 253 g/mol. The molecule has 0 aromatic heterocycles. The smallest absolute Gasteiger partial charge is 0.127 e. The molecule has 2 nitrogen and oxygen atoms in total. The molecule has 17 heavy (non-hydrogen) atoms. The Morgan fingerprint density at radius 3 is 1.88 bits per heavy atom. The Morgan fingerprint density at radius 2 is 1.53 bits per heavy atom. The van der Waals surface area contributed by atoms with Crippen molar-refractivity contribution in [2.45, 2.75) is 44.9 Å². The van der Waals surface area contributed by atoms with Gasteiger partial charge < -0.3 is 0 Å². The highest BCUT2D eigenvalue weighted by Crippen LogP contribution is 2.23. The fourth-order valence-corrected chi connectivity index (χ4v) is 2.81. The standard InChI is InChI=1S/C14H23NOS/c1-6-15(7-2)17(16)13-10-8-12(9-11-13)14(3,4)5/h8-11H,6-7H2,1-5H3. The lowest BCUT2D eigenvalue weighted by Gasteiger charge is -2.20. The SMILES string of the molecule is CCN(CC)S(=O)c1ccc(C(C)(C)C)cc1. The first-order chi connectivity index (χ1) is 7.90. The maximum Gasteiger partial charge on any atom is 0.127 e. The van der Waals surface area contributed by atoms with Gasteiger partial charge in [0.2, 0.25) is 0 Å². The lowest BCUT2D eigenvalue weighted by atomic mass is 9.87. The van der Waals surface area contributed by atoms with Gasteiger partial charge in [-0.25, -0.2) is 8.51 Å². The predicted molar refractivity (Wildman–Crippen MR) is 74.5 cm³/mol. The van der Waals surface area contributed by atoms with E-state index >= 15 is 0 Å². The molecule has 0 spiro atoms. The Bertz CT molecular complexity index is 374. The molecule has 0 amide bonds. The quantitative estimate of drug-likeness (QED) is 0.806. The third kappa shape index (κ3) is 3.65. The van der Waals surface area contributed by atoms with Crippen molar-refractivity contribution in [1.82, 2.24) is 4.31 Å². The topological polar surface area (TPSA) is 20.3 Å². The summed E-state index contributed by atoms with van der Waals surface area (Å²) < 4.78 is 14.2. The number of nitrogens with zero attached hydrogens (tertiary/aromatic N) is 1. The van der Waals surface area contributed by atoms with E-state index in [0.717, 1.165) is 18.0 Å². The van der Waals surface area contributed by atoms with Gasteiger partial charge in [-0.05, 0) is 23.1 Å². The second-order valence-corrected chi connectivity index (χ2v) is 6.62. The van der Waals surface area contributed by atoms with Crippen molar-refractivity contribution in [3.63, 3.8) is 0 Å². The molecule has 0 N–H and O–H groups in total. The van der Waals surface area contributed by atoms with E-state index in [1.165, 1.54) is 5.56 Å². The second-order valence-electron chi connectivity index (χ2n) is 5.14. The third-order valence-corrected chi connectivity index (χ3v) is 4.52. The van der Waals surface area contributed by atoms with E-state index in [1.807, 2.05) is 30.3 Å². The first-order valence-corrected chi connectivity index (χ1v) is 7.28. The Labute approximate surface area is 108 Å². The molecule has 0 saturated carbocycles. The molecular weight excluding hydrogens is 230 g/mol. The van der Waals surface area contributed by atoms with Crippen molar-refractivity contribution < 1.29 is 4.21 Å². The van der Waals surface area contributed by atoms with Crippen LogP contribution in [0.4, 0.5) is 0 Å². The maximum absolute atomic E-state index is 12.2. The summed E-state index contributed by atoms with van der Waals surface area (Å²) in [6, 6.07) is 8.12. The Morgan fingerprint density at radius 1 is 1.06 bits per heavy atom. The molecule has 1 atom stereocenters. The molecule has 0 fully saturated rings. The van der Waals surface area contributed by atoms with Crippen LogP contribution in [0.2, 0.25) is 0 Å². The highest BCUT2D eigenvalue weighted by Gasteiger charge is 2.15. The van der Waals surface area contributed by atoms with Gasteiger partial charge in [0, 0.05) is 13.1 Å². The van der Waals surface area contributed by atoms with Gasteiger partial charge in [-0.2, -0.15) is 0 Å². The van der Waals surface area contributed by atoms with Crippen LogP contribution in [0, 0.1) is 0 Å². The zero-order chi connectivity index (χ0) is 13.1. The van der Waals surface area contributed by atoms with E-state index in [1.54, 1.807) is 0 Å². The molecule has 1 aromatic carbocycles. The van der Waals surface area contributed by atoms with E-state index < -0.39 is 11.0 Å². The van der Waals surface area contributed by atoms with Gasteiger partial charge in [0.1, 0.15) is 11.0 Å². The molecule has 1 aromatic rings. The molecule has 1 unspecified atom stereocenters. The van der Waals surface area contributed by atoms with Gasteiger partial charge in [0.05, 0.1) is 4.90 Å². The minimum Gasteiger partial charge on any atom is -0.237 e. The average Bonchev–Trinajstić information content (AvgIpc) is 2.29. The van der Waals surface area contributed by atoms with Gasteiger partial charge in [-0.1, -0.05) is 46.8 Å². The van der Waals surface area contributed by atoms with Crippen LogP contribution in [-0.2, 0) is 16.4 Å². The van der Waals surface area contributed by atoms with E-state index in [9.17, 15) is 4.21 Å². The summed E-state index contributed by atoms with van der Waals surface area (Å²) in [5.41, 5.74) is 1.42. The highest BCUT2D eigenvalue weighted by molar-refractivity contribution is 7.82. The molecule has 1 rings (SSSR count). The molecule has 0 saturated heterocycles. The van der Waals surface area contributed by atoms with Crippen LogP contribution in [0.25, 0.3) is 0 Å². The van der Waals surface area contributed by atoms with E-state index in [4.69, 9.17) is 0 Å². The molecular formula is C14H23NOS. The van der Waals surface area contributed by atoms with Crippen LogP contribution in [0.5, 0.6) is 0 Å². The van der Waals surface area contributed by atoms with Gasteiger partial charge in [0.25, 0.3) is 0 Å². The van der Waals surface area contributed by atoms with Gasteiger partial charge in [-0.3, -0.25) is 0 Å².